The minimum Gasteiger partial charge on any atom is -0.398 e. The molecule has 3 aromatic carbocycles. The standard InChI is InChI=1S/C19H17N/c20-19-13-7-6-12-18(19)17-11-5-4-10-16(17)14-15-8-2-1-3-9-15/h1-13H,14,20H2. The van der Waals surface area contributed by atoms with Crippen molar-refractivity contribution in [2.45, 2.75) is 6.42 Å². The van der Waals surface area contributed by atoms with E-state index in [1.165, 1.54) is 16.7 Å². The van der Waals surface area contributed by atoms with Crippen molar-refractivity contribution < 1.29 is 0 Å². The molecular formula is C19H17N. The first kappa shape index (κ1) is 12.5. The molecule has 0 amide bonds. The molecule has 98 valence electrons. The van der Waals surface area contributed by atoms with E-state index >= 15 is 0 Å². The second-order valence-corrected chi connectivity index (χ2v) is 4.91. The molecule has 1 heteroatoms. The highest BCUT2D eigenvalue weighted by Crippen LogP contribution is 2.29. The van der Waals surface area contributed by atoms with Crippen molar-refractivity contribution in [1.29, 1.82) is 0 Å². The number of benzene rings is 3. The van der Waals surface area contributed by atoms with Gasteiger partial charge in [0.25, 0.3) is 0 Å². The zero-order valence-electron chi connectivity index (χ0n) is 11.3. The van der Waals surface area contributed by atoms with Crippen molar-refractivity contribution in [1.82, 2.24) is 0 Å². The first-order chi connectivity index (χ1) is 9.84. The highest BCUT2D eigenvalue weighted by molar-refractivity contribution is 5.78. The van der Waals surface area contributed by atoms with Crippen molar-refractivity contribution >= 4 is 5.69 Å². The van der Waals surface area contributed by atoms with Crippen LogP contribution < -0.4 is 5.73 Å². The maximum Gasteiger partial charge on any atom is 0.0393 e. The summed E-state index contributed by atoms with van der Waals surface area (Å²) in [7, 11) is 0. The van der Waals surface area contributed by atoms with Gasteiger partial charge in [-0.25, -0.2) is 0 Å². The summed E-state index contributed by atoms with van der Waals surface area (Å²) in [6.45, 7) is 0. The van der Waals surface area contributed by atoms with Gasteiger partial charge in [0.2, 0.25) is 0 Å². The quantitative estimate of drug-likeness (QED) is 0.687. The average Bonchev–Trinajstić information content (AvgIpc) is 2.50. The third kappa shape index (κ3) is 2.57. The molecule has 0 fully saturated rings. The number of rotatable bonds is 3. The molecular weight excluding hydrogens is 242 g/mol. The van der Waals surface area contributed by atoms with Crippen LogP contribution in [-0.2, 0) is 6.42 Å². The summed E-state index contributed by atoms with van der Waals surface area (Å²) in [6, 6.07) is 27.0. The summed E-state index contributed by atoms with van der Waals surface area (Å²) in [4.78, 5) is 0. The summed E-state index contributed by atoms with van der Waals surface area (Å²) >= 11 is 0. The van der Waals surface area contributed by atoms with Gasteiger partial charge in [0.1, 0.15) is 0 Å². The summed E-state index contributed by atoms with van der Waals surface area (Å²) in [5, 5.41) is 0. The van der Waals surface area contributed by atoms with Crippen molar-refractivity contribution in [2.24, 2.45) is 0 Å². The molecule has 0 bridgehead atoms. The Kier molecular flexibility index (Phi) is 3.51. The lowest BCUT2D eigenvalue weighted by Crippen LogP contribution is -1.95. The van der Waals surface area contributed by atoms with E-state index < -0.39 is 0 Å². The molecule has 3 rings (SSSR count). The van der Waals surface area contributed by atoms with Crippen molar-refractivity contribution in [2.75, 3.05) is 5.73 Å². The molecule has 0 heterocycles. The molecule has 0 atom stereocenters. The van der Waals surface area contributed by atoms with Crippen molar-refractivity contribution in [3.63, 3.8) is 0 Å². The highest BCUT2D eigenvalue weighted by atomic mass is 14.6. The first-order valence-electron chi connectivity index (χ1n) is 6.81. The molecule has 0 saturated carbocycles. The Hall–Kier alpha value is -2.54. The zero-order valence-corrected chi connectivity index (χ0v) is 11.3. The normalized spacial score (nSPS) is 10.4. The molecule has 3 aromatic rings. The number of hydrogen-bond donors (Lipinski definition) is 1. The maximum atomic E-state index is 6.11. The smallest absolute Gasteiger partial charge is 0.0393 e. The molecule has 0 aliphatic heterocycles. The Morgan fingerprint density at radius 2 is 1.20 bits per heavy atom. The van der Waals surface area contributed by atoms with Crippen LogP contribution in [-0.4, -0.2) is 0 Å². The van der Waals surface area contributed by atoms with Crippen LogP contribution in [0.25, 0.3) is 11.1 Å². The minimum atomic E-state index is 0.827. The van der Waals surface area contributed by atoms with Gasteiger partial charge in [-0.15, -0.1) is 0 Å². The maximum absolute atomic E-state index is 6.11. The van der Waals surface area contributed by atoms with E-state index in [-0.39, 0.29) is 0 Å². The molecule has 0 aliphatic rings. The number of anilines is 1. The number of hydrogen-bond acceptors (Lipinski definition) is 1. The van der Waals surface area contributed by atoms with E-state index in [2.05, 4.69) is 54.6 Å². The van der Waals surface area contributed by atoms with Gasteiger partial charge < -0.3 is 5.73 Å². The Morgan fingerprint density at radius 1 is 0.600 bits per heavy atom. The summed E-state index contributed by atoms with van der Waals surface area (Å²) in [6.07, 6.45) is 0.922. The molecule has 0 radical (unpaired) electrons. The molecule has 2 N–H and O–H groups in total. The van der Waals surface area contributed by atoms with Crippen LogP contribution in [0.4, 0.5) is 5.69 Å². The fourth-order valence-corrected chi connectivity index (χ4v) is 2.50. The lowest BCUT2D eigenvalue weighted by atomic mass is 9.94. The van der Waals surface area contributed by atoms with Gasteiger partial charge in [-0.3, -0.25) is 0 Å². The zero-order chi connectivity index (χ0) is 13.8. The van der Waals surface area contributed by atoms with E-state index in [0.29, 0.717) is 0 Å². The van der Waals surface area contributed by atoms with E-state index in [1.807, 2.05) is 24.3 Å². The van der Waals surface area contributed by atoms with Crippen LogP contribution in [0.2, 0.25) is 0 Å². The molecule has 0 spiro atoms. The van der Waals surface area contributed by atoms with Crippen LogP contribution in [0.3, 0.4) is 0 Å². The van der Waals surface area contributed by atoms with Crippen LogP contribution in [0.1, 0.15) is 11.1 Å². The van der Waals surface area contributed by atoms with Crippen LogP contribution >= 0.6 is 0 Å². The highest BCUT2D eigenvalue weighted by Gasteiger charge is 2.07. The van der Waals surface area contributed by atoms with Gasteiger partial charge in [0, 0.05) is 11.3 Å². The van der Waals surface area contributed by atoms with Gasteiger partial charge in [-0.05, 0) is 29.2 Å². The van der Waals surface area contributed by atoms with Crippen molar-refractivity contribution in [3.05, 3.63) is 90.0 Å². The lowest BCUT2D eigenvalue weighted by Gasteiger charge is -2.12. The summed E-state index contributed by atoms with van der Waals surface area (Å²) in [5.74, 6) is 0. The summed E-state index contributed by atoms with van der Waals surface area (Å²) < 4.78 is 0. The Morgan fingerprint density at radius 3 is 1.95 bits per heavy atom. The fraction of sp³-hybridized carbons (Fsp3) is 0.0526. The third-order valence-corrected chi connectivity index (χ3v) is 3.51. The Bertz CT molecular complexity index is 702. The second kappa shape index (κ2) is 5.62. The monoisotopic (exact) mass is 259 g/mol. The van der Waals surface area contributed by atoms with E-state index in [4.69, 9.17) is 5.73 Å². The van der Waals surface area contributed by atoms with Crippen LogP contribution in [0.5, 0.6) is 0 Å². The average molecular weight is 259 g/mol. The molecule has 0 aromatic heterocycles. The first-order valence-corrected chi connectivity index (χ1v) is 6.81. The largest absolute Gasteiger partial charge is 0.398 e. The molecule has 0 aliphatic carbocycles. The third-order valence-electron chi connectivity index (χ3n) is 3.51. The molecule has 0 unspecified atom stereocenters. The van der Waals surface area contributed by atoms with Crippen molar-refractivity contribution in [3.8, 4) is 11.1 Å². The van der Waals surface area contributed by atoms with Crippen LogP contribution in [0, 0.1) is 0 Å². The summed E-state index contributed by atoms with van der Waals surface area (Å²) in [5.41, 5.74) is 11.9. The topological polar surface area (TPSA) is 26.0 Å². The molecule has 1 nitrogen and oxygen atoms in total. The van der Waals surface area contributed by atoms with Gasteiger partial charge in [0.05, 0.1) is 0 Å². The molecule has 20 heavy (non-hydrogen) atoms. The van der Waals surface area contributed by atoms with Gasteiger partial charge in [-0.1, -0.05) is 72.8 Å². The second-order valence-electron chi connectivity index (χ2n) is 4.91. The Labute approximate surface area is 119 Å². The van der Waals surface area contributed by atoms with E-state index in [1.54, 1.807) is 0 Å². The van der Waals surface area contributed by atoms with E-state index in [0.717, 1.165) is 17.7 Å². The minimum absolute atomic E-state index is 0.827. The number of nitrogens with two attached hydrogens (primary N) is 1. The van der Waals surface area contributed by atoms with Crippen LogP contribution in [0.15, 0.2) is 78.9 Å². The predicted molar refractivity (Wildman–Crippen MR) is 85.5 cm³/mol. The van der Waals surface area contributed by atoms with E-state index in [9.17, 15) is 0 Å². The van der Waals surface area contributed by atoms with Gasteiger partial charge >= 0.3 is 0 Å². The lowest BCUT2D eigenvalue weighted by molar-refractivity contribution is 1.20. The predicted octanol–water partition coefficient (Wildman–Crippen LogP) is 4.53. The SMILES string of the molecule is Nc1ccccc1-c1ccccc1Cc1ccccc1. The van der Waals surface area contributed by atoms with Gasteiger partial charge in [-0.2, -0.15) is 0 Å². The van der Waals surface area contributed by atoms with Gasteiger partial charge in [0.15, 0.2) is 0 Å². The molecule has 0 saturated heterocycles. The Balaban J connectivity index is 2.03. The number of nitrogen functional groups attached to an aromatic ring is 1. The number of para-hydroxylation sites is 1. The fourth-order valence-electron chi connectivity index (χ4n) is 2.50.